The molecule has 4 N–H and O–H groups in total. The van der Waals surface area contributed by atoms with Gasteiger partial charge in [0.2, 0.25) is 0 Å². The fourth-order valence-corrected chi connectivity index (χ4v) is 3.02. The Morgan fingerprint density at radius 1 is 0.708 bits per heavy atom. The van der Waals surface area contributed by atoms with E-state index in [1.54, 1.807) is 14.2 Å². The molecule has 0 bridgehead atoms. The lowest BCUT2D eigenvalue weighted by atomic mass is 10.2. The van der Waals surface area contributed by atoms with Crippen LogP contribution >= 0.6 is 0 Å². The Bertz CT molecular complexity index is 651. The zero-order valence-corrected chi connectivity index (χ0v) is 14.2. The number of nitrogen functional groups attached to an aromatic ring is 2. The van der Waals surface area contributed by atoms with Crippen LogP contribution in [0.15, 0.2) is 36.4 Å². The number of piperazine rings is 1. The molecule has 1 aliphatic rings. The second-order valence-corrected chi connectivity index (χ2v) is 5.83. The van der Waals surface area contributed by atoms with Crippen molar-refractivity contribution in [1.29, 1.82) is 0 Å². The summed E-state index contributed by atoms with van der Waals surface area (Å²) in [4.78, 5) is 4.68. The molecule has 0 saturated carbocycles. The second kappa shape index (κ2) is 6.78. The van der Waals surface area contributed by atoms with Gasteiger partial charge in [-0.3, -0.25) is 0 Å². The van der Waals surface area contributed by atoms with Gasteiger partial charge in [0, 0.05) is 49.7 Å². The lowest BCUT2D eigenvalue weighted by Crippen LogP contribution is -2.46. The van der Waals surface area contributed by atoms with Crippen LogP contribution < -0.4 is 30.7 Å². The van der Waals surface area contributed by atoms with E-state index < -0.39 is 0 Å². The smallest absolute Gasteiger partial charge is 0.143 e. The van der Waals surface area contributed by atoms with Gasteiger partial charge in [0.1, 0.15) is 11.5 Å². The van der Waals surface area contributed by atoms with E-state index in [0.717, 1.165) is 49.1 Å². The zero-order valence-electron chi connectivity index (χ0n) is 14.2. The molecule has 2 aromatic rings. The molecule has 0 spiro atoms. The fraction of sp³-hybridized carbons (Fsp3) is 0.333. The number of benzene rings is 2. The monoisotopic (exact) mass is 328 g/mol. The molecular formula is C18H24N4O2. The van der Waals surface area contributed by atoms with E-state index in [1.165, 1.54) is 0 Å². The maximum atomic E-state index is 5.89. The van der Waals surface area contributed by atoms with Crippen molar-refractivity contribution in [3.63, 3.8) is 0 Å². The minimum atomic E-state index is 0.661. The van der Waals surface area contributed by atoms with Crippen LogP contribution in [0.5, 0.6) is 11.5 Å². The average Bonchev–Trinajstić information content (AvgIpc) is 2.63. The third-order valence-electron chi connectivity index (χ3n) is 4.44. The topological polar surface area (TPSA) is 77.0 Å². The molecule has 6 heteroatoms. The molecule has 0 unspecified atom stereocenters. The van der Waals surface area contributed by atoms with E-state index in [4.69, 9.17) is 20.9 Å². The highest BCUT2D eigenvalue weighted by Crippen LogP contribution is 2.30. The van der Waals surface area contributed by atoms with Gasteiger partial charge in [0.15, 0.2) is 0 Å². The summed E-state index contributed by atoms with van der Waals surface area (Å²) in [6, 6.07) is 11.9. The first-order chi connectivity index (χ1) is 11.6. The summed E-state index contributed by atoms with van der Waals surface area (Å²) < 4.78 is 10.6. The van der Waals surface area contributed by atoms with Crippen molar-refractivity contribution in [3.8, 4) is 11.5 Å². The Kier molecular flexibility index (Phi) is 4.55. The summed E-state index contributed by atoms with van der Waals surface area (Å²) in [5, 5.41) is 0. The van der Waals surface area contributed by atoms with E-state index in [2.05, 4.69) is 9.80 Å². The van der Waals surface area contributed by atoms with Gasteiger partial charge in [-0.25, -0.2) is 0 Å². The number of hydrogen-bond acceptors (Lipinski definition) is 6. The molecule has 6 nitrogen and oxygen atoms in total. The van der Waals surface area contributed by atoms with Gasteiger partial charge < -0.3 is 30.7 Å². The number of rotatable bonds is 4. The highest BCUT2D eigenvalue weighted by Gasteiger charge is 2.19. The van der Waals surface area contributed by atoms with Crippen LogP contribution in [-0.4, -0.2) is 40.4 Å². The van der Waals surface area contributed by atoms with Crippen molar-refractivity contribution in [3.05, 3.63) is 36.4 Å². The number of ether oxygens (including phenoxy) is 2. The van der Waals surface area contributed by atoms with E-state index in [1.807, 2.05) is 36.4 Å². The van der Waals surface area contributed by atoms with Crippen molar-refractivity contribution < 1.29 is 9.47 Å². The van der Waals surface area contributed by atoms with Gasteiger partial charge in [-0.15, -0.1) is 0 Å². The third kappa shape index (κ3) is 3.13. The fourth-order valence-electron chi connectivity index (χ4n) is 3.02. The molecule has 128 valence electrons. The number of nitrogens with zero attached hydrogens (tertiary/aromatic N) is 2. The highest BCUT2D eigenvalue weighted by atomic mass is 16.5. The molecule has 0 amide bonds. The van der Waals surface area contributed by atoms with E-state index in [9.17, 15) is 0 Å². The predicted octanol–water partition coefficient (Wildman–Crippen LogP) is 2.19. The van der Waals surface area contributed by atoms with Crippen molar-refractivity contribution in [1.82, 2.24) is 0 Å². The third-order valence-corrected chi connectivity index (χ3v) is 4.44. The van der Waals surface area contributed by atoms with Crippen LogP contribution in [-0.2, 0) is 0 Å². The molecule has 1 aliphatic heterocycles. The van der Waals surface area contributed by atoms with Gasteiger partial charge >= 0.3 is 0 Å². The second-order valence-electron chi connectivity index (χ2n) is 5.83. The molecular weight excluding hydrogens is 304 g/mol. The first kappa shape index (κ1) is 16.1. The van der Waals surface area contributed by atoms with Crippen LogP contribution in [0.25, 0.3) is 0 Å². The summed E-state index contributed by atoms with van der Waals surface area (Å²) in [7, 11) is 3.28. The molecule has 1 heterocycles. The Balaban J connectivity index is 1.69. The number of methoxy groups -OCH3 is 2. The zero-order chi connectivity index (χ0) is 17.1. The van der Waals surface area contributed by atoms with Crippen LogP contribution in [0, 0.1) is 0 Å². The Labute approximate surface area is 142 Å². The van der Waals surface area contributed by atoms with E-state index in [-0.39, 0.29) is 0 Å². The summed E-state index contributed by atoms with van der Waals surface area (Å²) in [6.45, 7) is 3.72. The summed E-state index contributed by atoms with van der Waals surface area (Å²) in [5.74, 6) is 1.44. The molecule has 0 atom stereocenters. The van der Waals surface area contributed by atoms with Gasteiger partial charge in [0.25, 0.3) is 0 Å². The molecule has 1 fully saturated rings. The normalized spacial score (nSPS) is 14.6. The molecule has 1 saturated heterocycles. The number of anilines is 4. The highest BCUT2D eigenvalue weighted by molar-refractivity contribution is 5.65. The van der Waals surface area contributed by atoms with Crippen LogP contribution in [0.1, 0.15) is 0 Å². The molecule has 2 aromatic carbocycles. The summed E-state index contributed by atoms with van der Waals surface area (Å²) >= 11 is 0. The molecule has 24 heavy (non-hydrogen) atoms. The summed E-state index contributed by atoms with van der Waals surface area (Å²) in [6.07, 6.45) is 0. The van der Waals surface area contributed by atoms with Crippen molar-refractivity contribution in [2.24, 2.45) is 0 Å². The van der Waals surface area contributed by atoms with Gasteiger partial charge in [-0.1, -0.05) is 0 Å². The Morgan fingerprint density at radius 3 is 1.42 bits per heavy atom. The standard InChI is InChI=1S/C18H24N4O2/c1-23-17-11-13(3-5-15(17)19)21-7-9-22(10-8-21)14-4-6-16(20)18(12-14)24-2/h3-6,11-12H,7-10,19-20H2,1-2H3. The average molecular weight is 328 g/mol. The van der Waals surface area contributed by atoms with Crippen molar-refractivity contribution in [2.45, 2.75) is 0 Å². The molecule has 0 radical (unpaired) electrons. The largest absolute Gasteiger partial charge is 0.495 e. The summed E-state index contributed by atoms with van der Waals surface area (Å²) in [5.41, 5.74) is 15.4. The molecule has 0 aliphatic carbocycles. The first-order valence-electron chi connectivity index (χ1n) is 7.99. The van der Waals surface area contributed by atoms with Crippen molar-refractivity contribution in [2.75, 3.05) is 61.7 Å². The lowest BCUT2D eigenvalue weighted by molar-refractivity contribution is 0.416. The van der Waals surface area contributed by atoms with Gasteiger partial charge in [0.05, 0.1) is 25.6 Å². The molecule has 3 rings (SSSR count). The molecule has 0 aromatic heterocycles. The van der Waals surface area contributed by atoms with Crippen LogP contribution in [0.3, 0.4) is 0 Å². The number of hydrogen-bond donors (Lipinski definition) is 2. The van der Waals surface area contributed by atoms with Crippen LogP contribution in [0.4, 0.5) is 22.7 Å². The van der Waals surface area contributed by atoms with Gasteiger partial charge in [-0.05, 0) is 24.3 Å². The predicted molar refractivity (Wildman–Crippen MR) is 99.2 cm³/mol. The SMILES string of the molecule is COc1cc(N2CCN(c3ccc(N)c(OC)c3)CC2)ccc1N. The van der Waals surface area contributed by atoms with Gasteiger partial charge in [-0.2, -0.15) is 0 Å². The van der Waals surface area contributed by atoms with E-state index >= 15 is 0 Å². The minimum absolute atomic E-state index is 0.661. The maximum Gasteiger partial charge on any atom is 0.143 e. The van der Waals surface area contributed by atoms with Crippen LogP contribution in [0.2, 0.25) is 0 Å². The number of nitrogens with two attached hydrogens (primary N) is 2. The Hall–Kier alpha value is -2.76. The lowest BCUT2D eigenvalue weighted by Gasteiger charge is -2.37. The Morgan fingerprint density at radius 2 is 1.08 bits per heavy atom. The van der Waals surface area contributed by atoms with E-state index in [0.29, 0.717) is 11.4 Å². The minimum Gasteiger partial charge on any atom is -0.495 e. The quantitative estimate of drug-likeness (QED) is 0.838. The maximum absolute atomic E-state index is 5.89. The first-order valence-corrected chi connectivity index (χ1v) is 7.99. The van der Waals surface area contributed by atoms with Crippen molar-refractivity contribution >= 4 is 22.7 Å².